The second kappa shape index (κ2) is 7.18. The van der Waals surface area contributed by atoms with Crippen LogP contribution in [0.2, 0.25) is 0 Å². The number of amides is 1. The van der Waals surface area contributed by atoms with Gasteiger partial charge in [0.15, 0.2) is 11.6 Å². The zero-order valence-electron chi connectivity index (χ0n) is 18.2. The van der Waals surface area contributed by atoms with Crippen molar-refractivity contribution in [3.05, 3.63) is 95.6 Å². The van der Waals surface area contributed by atoms with Crippen molar-refractivity contribution < 1.29 is 18.8 Å². The van der Waals surface area contributed by atoms with Gasteiger partial charge in [-0.1, -0.05) is 30.4 Å². The molecule has 0 bridgehead atoms. The Morgan fingerprint density at radius 3 is 2.62 bits per heavy atom. The largest absolute Gasteiger partial charge is 0.352 e. The molecule has 0 aliphatic carbocycles. The van der Waals surface area contributed by atoms with Gasteiger partial charge in [0.1, 0.15) is 11.2 Å². The first-order chi connectivity index (χ1) is 16.4. The maximum absolute atomic E-state index is 14.1. The molecule has 6 rings (SSSR count). The number of hydrogen-bond acceptors (Lipinski definition) is 5. The van der Waals surface area contributed by atoms with Gasteiger partial charge in [0, 0.05) is 34.9 Å². The van der Waals surface area contributed by atoms with Crippen LogP contribution in [0.15, 0.2) is 73.1 Å². The van der Waals surface area contributed by atoms with Gasteiger partial charge in [-0.25, -0.2) is 4.39 Å². The summed E-state index contributed by atoms with van der Waals surface area (Å²) in [6.45, 7) is 1.44. The number of fused-ring (bicyclic) bond motifs is 6. The molecule has 3 aliphatic rings. The SMILES string of the molecule is CC(=O)[C@@H]1[C@H](C(=O)c2ccncc2)[C@@]2(C(=O)Nc3ccccc32)[C@H]2C=Cc3cc(F)ccc3N12. The Labute approximate surface area is 195 Å². The highest BCUT2D eigenvalue weighted by molar-refractivity contribution is 6.16. The number of benzene rings is 2. The van der Waals surface area contributed by atoms with Gasteiger partial charge in [-0.3, -0.25) is 19.4 Å². The molecule has 0 saturated carbocycles. The molecule has 1 fully saturated rings. The molecule has 6 nitrogen and oxygen atoms in total. The third-order valence-electron chi connectivity index (χ3n) is 7.26. The van der Waals surface area contributed by atoms with Crippen molar-refractivity contribution in [3.8, 4) is 0 Å². The van der Waals surface area contributed by atoms with E-state index in [1.165, 1.54) is 31.5 Å². The lowest BCUT2D eigenvalue weighted by Gasteiger charge is -2.37. The van der Waals surface area contributed by atoms with Gasteiger partial charge < -0.3 is 10.2 Å². The fourth-order valence-corrected chi connectivity index (χ4v) is 6.00. The van der Waals surface area contributed by atoms with Crippen molar-refractivity contribution in [2.75, 3.05) is 10.2 Å². The third-order valence-corrected chi connectivity index (χ3v) is 7.26. The number of carbonyl (C=O) groups excluding carboxylic acids is 3. The summed E-state index contributed by atoms with van der Waals surface area (Å²) < 4.78 is 14.0. The van der Waals surface area contributed by atoms with Gasteiger partial charge >= 0.3 is 0 Å². The number of aromatic nitrogens is 1. The molecule has 0 unspecified atom stereocenters. The Morgan fingerprint density at radius 2 is 1.85 bits per heavy atom. The summed E-state index contributed by atoms with van der Waals surface area (Å²) in [6, 6.07) is 13.3. The maximum atomic E-state index is 14.1. The van der Waals surface area contributed by atoms with Crippen molar-refractivity contribution >= 4 is 34.9 Å². The molecule has 1 amide bonds. The molecule has 1 spiro atoms. The summed E-state index contributed by atoms with van der Waals surface area (Å²) in [5.41, 5.74) is 1.57. The third kappa shape index (κ3) is 2.55. The monoisotopic (exact) mass is 453 g/mol. The molecule has 1 N–H and O–H groups in total. The van der Waals surface area contributed by atoms with Gasteiger partial charge in [0.2, 0.25) is 5.91 Å². The van der Waals surface area contributed by atoms with Crippen molar-refractivity contribution in [1.82, 2.24) is 4.98 Å². The summed E-state index contributed by atoms with van der Waals surface area (Å²) in [6.07, 6.45) is 6.63. The lowest BCUT2D eigenvalue weighted by atomic mass is 9.64. The molecule has 4 heterocycles. The summed E-state index contributed by atoms with van der Waals surface area (Å²) >= 11 is 0. The lowest BCUT2D eigenvalue weighted by Crippen LogP contribution is -2.51. The average Bonchev–Trinajstić information content (AvgIpc) is 3.32. The molecule has 1 aromatic heterocycles. The highest BCUT2D eigenvalue weighted by Crippen LogP contribution is 2.57. The second-order valence-electron chi connectivity index (χ2n) is 8.92. The van der Waals surface area contributed by atoms with Crippen LogP contribution in [0, 0.1) is 11.7 Å². The van der Waals surface area contributed by atoms with E-state index in [2.05, 4.69) is 10.3 Å². The van der Waals surface area contributed by atoms with E-state index in [0.29, 0.717) is 28.1 Å². The number of hydrogen-bond donors (Lipinski definition) is 1. The van der Waals surface area contributed by atoms with Crippen LogP contribution in [0.3, 0.4) is 0 Å². The molecule has 34 heavy (non-hydrogen) atoms. The lowest BCUT2D eigenvalue weighted by molar-refractivity contribution is -0.122. The van der Waals surface area contributed by atoms with E-state index in [1.807, 2.05) is 29.2 Å². The molecule has 2 aromatic carbocycles. The number of para-hydroxylation sites is 1. The van der Waals surface area contributed by atoms with Gasteiger partial charge in [0.05, 0.1) is 18.0 Å². The Morgan fingerprint density at radius 1 is 1.09 bits per heavy atom. The van der Waals surface area contributed by atoms with Crippen LogP contribution in [0.25, 0.3) is 6.08 Å². The van der Waals surface area contributed by atoms with Crippen molar-refractivity contribution in [2.45, 2.75) is 24.4 Å². The van der Waals surface area contributed by atoms with Crippen LogP contribution in [-0.2, 0) is 15.0 Å². The van der Waals surface area contributed by atoms with Crippen LogP contribution >= 0.6 is 0 Å². The van der Waals surface area contributed by atoms with Crippen LogP contribution in [0.4, 0.5) is 15.8 Å². The topological polar surface area (TPSA) is 79.4 Å². The Bertz CT molecular complexity index is 1400. The highest BCUT2D eigenvalue weighted by Gasteiger charge is 2.69. The molecular formula is C27H20FN3O3. The minimum Gasteiger partial charge on any atom is -0.352 e. The van der Waals surface area contributed by atoms with Crippen molar-refractivity contribution in [1.29, 1.82) is 0 Å². The zero-order chi connectivity index (χ0) is 23.6. The molecule has 3 aromatic rings. The molecule has 7 heteroatoms. The summed E-state index contributed by atoms with van der Waals surface area (Å²) in [5, 5.41) is 2.96. The second-order valence-corrected chi connectivity index (χ2v) is 8.92. The van der Waals surface area contributed by atoms with E-state index in [1.54, 1.807) is 30.3 Å². The van der Waals surface area contributed by atoms with E-state index in [-0.39, 0.29) is 17.5 Å². The Hall–Kier alpha value is -4.13. The summed E-state index contributed by atoms with van der Waals surface area (Å²) in [4.78, 5) is 47.1. The van der Waals surface area contributed by atoms with Crippen LogP contribution in [-0.4, -0.2) is 34.5 Å². The van der Waals surface area contributed by atoms with E-state index < -0.39 is 29.2 Å². The quantitative estimate of drug-likeness (QED) is 0.611. The number of carbonyl (C=O) groups is 3. The first-order valence-electron chi connectivity index (χ1n) is 11.1. The Kier molecular flexibility index (Phi) is 4.33. The fraction of sp³-hybridized carbons (Fsp3) is 0.185. The fourth-order valence-electron chi connectivity index (χ4n) is 6.00. The van der Waals surface area contributed by atoms with Crippen LogP contribution in [0.1, 0.15) is 28.4 Å². The molecule has 1 saturated heterocycles. The minimum absolute atomic E-state index is 0.239. The number of Topliss-reactive ketones (excluding diaryl/α,β-unsaturated/α-hetero) is 2. The number of nitrogens with one attached hydrogen (secondary N) is 1. The number of anilines is 2. The Balaban J connectivity index is 1.67. The van der Waals surface area contributed by atoms with E-state index in [4.69, 9.17) is 0 Å². The van der Waals surface area contributed by atoms with Crippen molar-refractivity contribution in [3.63, 3.8) is 0 Å². The maximum Gasteiger partial charge on any atom is 0.238 e. The number of pyridine rings is 1. The molecular weight excluding hydrogens is 433 g/mol. The van der Waals surface area contributed by atoms with Gasteiger partial charge in [-0.05, 0) is 48.9 Å². The average molecular weight is 453 g/mol. The molecule has 168 valence electrons. The van der Waals surface area contributed by atoms with E-state index in [9.17, 15) is 18.8 Å². The smallest absolute Gasteiger partial charge is 0.238 e. The first kappa shape index (κ1) is 20.5. The predicted octanol–water partition coefficient (Wildman–Crippen LogP) is 3.78. The van der Waals surface area contributed by atoms with E-state index >= 15 is 0 Å². The van der Waals surface area contributed by atoms with Crippen molar-refractivity contribution in [2.24, 2.45) is 5.92 Å². The number of rotatable bonds is 3. The molecule has 4 atom stereocenters. The molecule has 0 radical (unpaired) electrons. The summed E-state index contributed by atoms with van der Waals surface area (Å²) in [7, 11) is 0. The number of nitrogens with zero attached hydrogens (tertiary/aromatic N) is 2. The normalized spacial score (nSPS) is 26.1. The minimum atomic E-state index is -1.34. The number of ketones is 2. The predicted molar refractivity (Wildman–Crippen MR) is 125 cm³/mol. The first-order valence-corrected chi connectivity index (χ1v) is 11.1. The highest BCUT2D eigenvalue weighted by atomic mass is 19.1. The number of halogens is 1. The standard InChI is InChI=1S/C27H20FN3O3/c1-15(32)24-23(25(33)16-10-12-29-13-11-16)27(19-4-2-3-5-20(19)30-26(27)34)22-9-6-17-14-18(28)7-8-21(17)31(22)24/h2-14,22-24H,1H3,(H,30,34)/t22-,23-,24-,27+/m1/s1. The summed E-state index contributed by atoms with van der Waals surface area (Å²) in [5.74, 6) is -2.27. The zero-order valence-corrected chi connectivity index (χ0v) is 18.2. The van der Waals surface area contributed by atoms with Gasteiger partial charge in [0.25, 0.3) is 0 Å². The van der Waals surface area contributed by atoms with Gasteiger partial charge in [-0.2, -0.15) is 0 Å². The van der Waals surface area contributed by atoms with Crippen LogP contribution < -0.4 is 10.2 Å². The molecule has 3 aliphatic heterocycles. The van der Waals surface area contributed by atoms with Crippen LogP contribution in [0.5, 0.6) is 0 Å². The van der Waals surface area contributed by atoms with Gasteiger partial charge in [-0.15, -0.1) is 0 Å². The van der Waals surface area contributed by atoms with E-state index in [0.717, 1.165) is 0 Å².